The summed E-state index contributed by atoms with van der Waals surface area (Å²) in [6, 6.07) is 0. The summed E-state index contributed by atoms with van der Waals surface area (Å²) in [5.41, 5.74) is -0.428. The molecule has 0 aliphatic rings. The first-order chi connectivity index (χ1) is 4.33. The zero-order valence-corrected chi connectivity index (χ0v) is 5.92. The molecule has 0 aliphatic carbocycles. The van der Waals surface area contributed by atoms with Crippen LogP contribution >= 0.6 is 0 Å². The molecular weight excluding hydrogens is 199 g/mol. The second-order valence-electron chi connectivity index (χ2n) is 1.62. The molecule has 0 saturated carbocycles. The number of aliphatic carboxylic acids is 1. The molecule has 0 saturated heterocycles. The van der Waals surface area contributed by atoms with E-state index in [1.165, 1.54) is 0 Å². The molecule has 0 aromatic rings. The SMILES string of the molecule is CC(=CS(=O)(=O)O)C(=O)O.[KH]. The molecule has 0 aromatic heterocycles. The van der Waals surface area contributed by atoms with Crippen LogP contribution in [0.3, 0.4) is 0 Å². The molecule has 11 heavy (non-hydrogen) atoms. The van der Waals surface area contributed by atoms with E-state index in [1.807, 2.05) is 0 Å². The van der Waals surface area contributed by atoms with Crippen molar-refractivity contribution in [1.29, 1.82) is 0 Å². The minimum atomic E-state index is -4.31. The van der Waals surface area contributed by atoms with Crippen LogP contribution in [-0.2, 0) is 14.9 Å². The predicted molar refractivity (Wildman–Crippen MR) is 40.1 cm³/mol. The van der Waals surface area contributed by atoms with Gasteiger partial charge in [-0.2, -0.15) is 8.42 Å². The molecule has 2 N–H and O–H groups in total. The number of hydrogen-bond acceptors (Lipinski definition) is 3. The van der Waals surface area contributed by atoms with Gasteiger partial charge in [-0.3, -0.25) is 4.55 Å². The molecule has 7 heteroatoms. The van der Waals surface area contributed by atoms with E-state index >= 15 is 0 Å². The Morgan fingerprint density at radius 2 is 1.82 bits per heavy atom. The number of rotatable bonds is 2. The Morgan fingerprint density at radius 1 is 1.45 bits per heavy atom. The van der Waals surface area contributed by atoms with E-state index in [0.717, 1.165) is 6.92 Å². The van der Waals surface area contributed by atoms with E-state index in [9.17, 15) is 13.2 Å². The Morgan fingerprint density at radius 3 is 1.91 bits per heavy atom. The molecular formula is C4H7KO5S. The fraction of sp³-hybridized carbons (Fsp3) is 0.250. The third-order valence-electron chi connectivity index (χ3n) is 0.663. The summed E-state index contributed by atoms with van der Waals surface area (Å²) >= 11 is 0. The van der Waals surface area contributed by atoms with Crippen molar-refractivity contribution in [1.82, 2.24) is 0 Å². The van der Waals surface area contributed by atoms with Crippen molar-refractivity contribution < 1.29 is 22.9 Å². The standard InChI is InChI=1S/C4H6O5S.K.H/c1-3(4(5)6)2-10(7,8)9;;/h2H,1H3,(H,5,6)(H,7,8,9);;. The first-order valence-electron chi connectivity index (χ1n) is 2.22. The van der Waals surface area contributed by atoms with E-state index in [4.69, 9.17) is 9.66 Å². The van der Waals surface area contributed by atoms with Crippen LogP contribution in [0.4, 0.5) is 0 Å². The predicted octanol–water partition coefficient (Wildman–Crippen LogP) is -0.786. The van der Waals surface area contributed by atoms with Gasteiger partial charge in [-0.05, 0) is 6.92 Å². The van der Waals surface area contributed by atoms with Crippen LogP contribution in [0.2, 0.25) is 0 Å². The Bertz CT molecular complexity index is 264. The minimum absolute atomic E-state index is 0. The van der Waals surface area contributed by atoms with Crippen LogP contribution < -0.4 is 0 Å². The summed E-state index contributed by atoms with van der Waals surface area (Å²) in [5.74, 6) is -1.38. The molecule has 0 unspecified atom stereocenters. The van der Waals surface area contributed by atoms with E-state index in [1.54, 1.807) is 0 Å². The van der Waals surface area contributed by atoms with Gasteiger partial charge in [0.25, 0.3) is 10.1 Å². The molecule has 0 atom stereocenters. The molecule has 60 valence electrons. The van der Waals surface area contributed by atoms with Gasteiger partial charge < -0.3 is 5.11 Å². The first kappa shape index (κ1) is 14.3. The van der Waals surface area contributed by atoms with Crippen LogP contribution in [-0.4, -0.2) is 75.4 Å². The van der Waals surface area contributed by atoms with Gasteiger partial charge in [0.05, 0.1) is 5.41 Å². The molecule has 0 rings (SSSR count). The Balaban J connectivity index is 0. The third kappa shape index (κ3) is 8.66. The first-order valence-corrected chi connectivity index (χ1v) is 3.72. The van der Waals surface area contributed by atoms with Gasteiger partial charge in [0.15, 0.2) is 0 Å². The summed E-state index contributed by atoms with van der Waals surface area (Å²) in [6.45, 7) is 1.07. The molecule has 0 spiro atoms. The molecule has 0 bridgehead atoms. The molecule has 0 amide bonds. The zero-order valence-electron chi connectivity index (χ0n) is 5.10. The number of carboxylic acid groups (broad SMARTS) is 1. The van der Waals surface area contributed by atoms with Gasteiger partial charge in [-0.25, -0.2) is 4.79 Å². The van der Waals surface area contributed by atoms with Crippen molar-refractivity contribution in [3.63, 3.8) is 0 Å². The van der Waals surface area contributed by atoms with Crippen LogP contribution in [0.1, 0.15) is 6.92 Å². The normalized spacial score (nSPS) is 12.0. The summed E-state index contributed by atoms with van der Waals surface area (Å²) in [4.78, 5) is 9.93. The summed E-state index contributed by atoms with van der Waals surface area (Å²) in [7, 11) is -4.31. The fourth-order valence-electron chi connectivity index (χ4n) is 0.274. The number of hydrogen-bond donors (Lipinski definition) is 2. The van der Waals surface area contributed by atoms with Crippen LogP contribution in [0, 0.1) is 0 Å². The average Bonchev–Trinajstić information content (AvgIpc) is 1.60. The van der Waals surface area contributed by atoms with E-state index in [-0.39, 0.29) is 56.8 Å². The molecule has 0 fully saturated rings. The van der Waals surface area contributed by atoms with Crippen molar-refractivity contribution in [2.45, 2.75) is 6.92 Å². The van der Waals surface area contributed by atoms with E-state index in [2.05, 4.69) is 0 Å². The van der Waals surface area contributed by atoms with Gasteiger partial charge in [0.1, 0.15) is 0 Å². The quantitative estimate of drug-likeness (QED) is 0.351. The Kier molecular flexibility index (Phi) is 7.03. The van der Waals surface area contributed by atoms with Gasteiger partial charge in [0, 0.05) is 5.57 Å². The second-order valence-corrected chi connectivity index (χ2v) is 2.89. The molecule has 0 aliphatic heterocycles. The van der Waals surface area contributed by atoms with E-state index in [0.29, 0.717) is 0 Å². The van der Waals surface area contributed by atoms with Crippen molar-refractivity contribution in [3.8, 4) is 0 Å². The van der Waals surface area contributed by atoms with Crippen LogP contribution in [0.5, 0.6) is 0 Å². The zero-order chi connectivity index (χ0) is 8.36. The van der Waals surface area contributed by atoms with Crippen molar-refractivity contribution in [3.05, 3.63) is 11.0 Å². The third-order valence-corrected chi connectivity index (χ3v) is 1.31. The summed E-state index contributed by atoms with van der Waals surface area (Å²) in [6.07, 6.45) is 0. The topological polar surface area (TPSA) is 91.7 Å². The molecule has 0 heterocycles. The van der Waals surface area contributed by atoms with Gasteiger partial charge in [0.2, 0.25) is 0 Å². The van der Waals surface area contributed by atoms with Gasteiger partial charge in [-0.1, -0.05) is 0 Å². The summed E-state index contributed by atoms with van der Waals surface area (Å²) < 4.78 is 28.0. The molecule has 5 nitrogen and oxygen atoms in total. The maximum atomic E-state index is 9.96. The number of carboxylic acids is 1. The van der Waals surface area contributed by atoms with E-state index < -0.39 is 21.7 Å². The van der Waals surface area contributed by atoms with Crippen LogP contribution in [0.15, 0.2) is 11.0 Å². The molecule has 0 radical (unpaired) electrons. The van der Waals surface area contributed by atoms with Crippen molar-refractivity contribution in [2.75, 3.05) is 0 Å². The van der Waals surface area contributed by atoms with Gasteiger partial charge in [-0.15, -0.1) is 0 Å². The maximum absolute atomic E-state index is 9.96. The second kappa shape index (κ2) is 5.41. The Hall–Kier alpha value is 0.756. The average molecular weight is 206 g/mol. The fourth-order valence-corrected chi connectivity index (χ4v) is 0.821. The van der Waals surface area contributed by atoms with Crippen molar-refractivity contribution in [2.24, 2.45) is 0 Å². The summed E-state index contributed by atoms with van der Waals surface area (Å²) in [5, 5.41) is 8.37. The monoisotopic (exact) mass is 206 g/mol. The number of carbonyl (C=O) groups is 1. The van der Waals surface area contributed by atoms with Crippen LogP contribution in [0.25, 0.3) is 0 Å². The Labute approximate surface area is 107 Å². The molecule has 0 aromatic carbocycles. The van der Waals surface area contributed by atoms with Gasteiger partial charge >= 0.3 is 57.4 Å². The van der Waals surface area contributed by atoms with Crippen molar-refractivity contribution >= 4 is 67.5 Å².